The van der Waals surface area contributed by atoms with E-state index in [1.54, 1.807) is 0 Å². The summed E-state index contributed by atoms with van der Waals surface area (Å²) in [6.45, 7) is 7.80. The third-order valence-corrected chi connectivity index (χ3v) is 5.06. The number of benzene rings is 1. The molecule has 0 aliphatic heterocycles. The van der Waals surface area contributed by atoms with Gasteiger partial charge in [-0.2, -0.15) is 4.31 Å². The molecule has 1 aromatic rings. The number of hydrogen-bond acceptors (Lipinski definition) is 3. The molecule has 120 valence electrons. The Kier molecular flexibility index (Phi) is 7.28. The molecule has 1 aromatic carbocycles. The van der Waals surface area contributed by atoms with Gasteiger partial charge in [0.15, 0.2) is 0 Å². The molecule has 0 spiro atoms. The number of halogens is 1. The van der Waals surface area contributed by atoms with Crippen molar-refractivity contribution >= 4 is 10.0 Å². The molecular weight excluding hydrogens is 291 g/mol. The van der Waals surface area contributed by atoms with Gasteiger partial charge in [0.05, 0.1) is 4.90 Å². The van der Waals surface area contributed by atoms with Crippen molar-refractivity contribution in [3.8, 4) is 0 Å². The zero-order valence-electron chi connectivity index (χ0n) is 13.0. The zero-order valence-corrected chi connectivity index (χ0v) is 13.8. The molecule has 1 rings (SSSR count). The highest BCUT2D eigenvalue weighted by atomic mass is 32.2. The maximum absolute atomic E-state index is 13.7. The molecule has 0 saturated carbocycles. The van der Waals surface area contributed by atoms with Crippen LogP contribution >= 0.6 is 0 Å². The molecule has 0 heterocycles. The highest BCUT2D eigenvalue weighted by molar-refractivity contribution is 7.89. The SMILES string of the molecule is CCCN(CCC)S(=O)(=O)c1ccc(F)c(CNCC)c1. The smallest absolute Gasteiger partial charge is 0.243 e. The van der Waals surface area contributed by atoms with Gasteiger partial charge in [0, 0.05) is 25.2 Å². The maximum atomic E-state index is 13.7. The van der Waals surface area contributed by atoms with Gasteiger partial charge in [0.25, 0.3) is 0 Å². The molecule has 0 aliphatic carbocycles. The van der Waals surface area contributed by atoms with Gasteiger partial charge in [0.1, 0.15) is 5.82 Å². The standard InChI is InChI=1S/C15H25FN2O2S/c1-4-9-18(10-5-2)21(19,20)14-7-8-15(16)13(11-14)12-17-6-3/h7-8,11,17H,4-6,9-10,12H2,1-3H3. The Hall–Kier alpha value is -0.980. The summed E-state index contributed by atoms with van der Waals surface area (Å²) >= 11 is 0. The largest absolute Gasteiger partial charge is 0.313 e. The van der Waals surface area contributed by atoms with Crippen LogP contribution in [0.5, 0.6) is 0 Å². The predicted octanol–water partition coefficient (Wildman–Crippen LogP) is 2.75. The molecule has 0 amide bonds. The lowest BCUT2D eigenvalue weighted by atomic mass is 10.2. The van der Waals surface area contributed by atoms with Gasteiger partial charge in [-0.1, -0.05) is 20.8 Å². The van der Waals surface area contributed by atoms with Crippen LogP contribution in [-0.4, -0.2) is 32.4 Å². The first kappa shape index (κ1) is 18.1. The first-order valence-electron chi connectivity index (χ1n) is 7.46. The molecular formula is C15H25FN2O2S. The fourth-order valence-corrected chi connectivity index (χ4v) is 3.78. The van der Waals surface area contributed by atoms with Crippen molar-refractivity contribution in [1.29, 1.82) is 0 Å². The molecule has 4 nitrogen and oxygen atoms in total. The summed E-state index contributed by atoms with van der Waals surface area (Å²) < 4.78 is 40.5. The summed E-state index contributed by atoms with van der Waals surface area (Å²) in [5.41, 5.74) is 0.380. The van der Waals surface area contributed by atoms with Gasteiger partial charge in [-0.3, -0.25) is 0 Å². The molecule has 0 saturated heterocycles. The summed E-state index contributed by atoms with van der Waals surface area (Å²) in [4.78, 5) is 0.165. The number of nitrogens with one attached hydrogen (secondary N) is 1. The number of nitrogens with zero attached hydrogens (tertiary/aromatic N) is 1. The number of rotatable bonds is 9. The van der Waals surface area contributed by atoms with Crippen LogP contribution < -0.4 is 5.32 Å². The van der Waals surface area contributed by atoms with Crippen molar-refractivity contribution < 1.29 is 12.8 Å². The first-order chi connectivity index (χ1) is 9.97. The minimum absolute atomic E-state index is 0.165. The second-order valence-electron chi connectivity index (χ2n) is 4.94. The van der Waals surface area contributed by atoms with Gasteiger partial charge in [-0.25, -0.2) is 12.8 Å². The van der Waals surface area contributed by atoms with Crippen molar-refractivity contribution in [3.63, 3.8) is 0 Å². The Morgan fingerprint density at radius 3 is 2.29 bits per heavy atom. The van der Waals surface area contributed by atoms with Crippen LogP contribution in [0.25, 0.3) is 0 Å². The molecule has 0 unspecified atom stereocenters. The lowest BCUT2D eigenvalue weighted by molar-refractivity contribution is 0.409. The first-order valence-corrected chi connectivity index (χ1v) is 8.90. The minimum Gasteiger partial charge on any atom is -0.313 e. The minimum atomic E-state index is -3.55. The van der Waals surface area contributed by atoms with E-state index in [2.05, 4.69) is 5.32 Å². The lowest BCUT2D eigenvalue weighted by Gasteiger charge is -2.21. The van der Waals surface area contributed by atoms with Gasteiger partial charge < -0.3 is 5.32 Å². The van der Waals surface area contributed by atoms with E-state index < -0.39 is 10.0 Å². The molecule has 0 bridgehead atoms. The summed E-state index contributed by atoms with van der Waals surface area (Å²) in [5.74, 6) is -0.382. The van der Waals surface area contributed by atoms with Gasteiger partial charge in [-0.05, 0) is 37.6 Å². The Morgan fingerprint density at radius 1 is 1.14 bits per heavy atom. The summed E-state index contributed by atoms with van der Waals surface area (Å²) in [6, 6.07) is 4.01. The molecule has 21 heavy (non-hydrogen) atoms. The fourth-order valence-electron chi connectivity index (χ4n) is 2.11. The molecule has 0 radical (unpaired) electrons. The Bertz CT molecular complexity index is 541. The summed E-state index contributed by atoms with van der Waals surface area (Å²) in [5, 5.41) is 3.02. The summed E-state index contributed by atoms with van der Waals surface area (Å²) in [6.07, 6.45) is 1.51. The fraction of sp³-hybridized carbons (Fsp3) is 0.600. The molecule has 1 N–H and O–H groups in total. The van der Waals surface area contributed by atoms with E-state index in [4.69, 9.17) is 0 Å². The lowest BCUT2D eigenvalue weighted by Crippen LogP contribution is -2.32. The monoisotopic (exact) mass is 316 g/mol. The number of sulfonamides is 1. The maximum Gasteiger partial charge on any atom is 0.243 e. The van der Waals surface area contributed by atoms with Crippen molar-refractivity contribution in [2.45, 2.75) is 45.1 Å². The molecule has 6 heteroatoms. The quantitative estimate of drug-likeness (QED) is 0.762. The van der Waals surface area contributed by atoms with Gasteiger partial charge in [-0.15, -0.1) is 0 Å². The Balaban J connectivity index is 3.11. The topological polar surface area (TPSA) is 49.4 Å². The Labute approximate surface area is 127 Å². The highest BCUT2D eigenvalue weighted by Crippen LogP contribution is 2.20. The van der Waals surface area contributed by atoms with E-state index in [0.717, 1.165) is 12.8 Å². The zero-order chi connectivity index (χ0) is 15.9. The van der Waals surface area contributed by atoms with E-state index >= 15 is 0 Å². The van der Waals surface area contributed by atoms with E-state index in [1.807, 2.05) is 20.8 Å². The summed E-state index contributed by atoms with van der Waals surface area (Å²) in [7, 11) is -3.55. The third kappa shape index (κ3) is 4.76. The van der Waals surface area contributed by atoms with Crippen LogP contribution in [0.1, 0.15) is 39.2 Å². The van der Waals surface area contributed by atoms with Crippen LogP contribution in [0, 0.1) is 5.82 Å². The average molecular weight is 316 g/mol. The normalized spacial score (nSPS) is 12.0. The van der Waals surface area contributed by atoms with E-state index in [1.165, 1.54) is 22.5 Å². The van der Waals surface area contributed by atoms with Crippen LogP contribution in [0.2, 0.25) is 0 Å². The van der Waals surface area contributed by atoms with Crippen LogP contribution in [0.15, 0.2) is 23.1 Å². The van der Waals surface area contributed by atoms with Crippen LogP contribution in [0.4, 0.5) is 4.39 Å². The molecule has 0 fully saturated rings. The third-order valence-electron chi connectivity index (χ3n) is 3.17. The van der Waals surface area contributed by atoms with Gasteiger partial charge >= 0.3 is 0 Å². The van der Waals surface area contributed by atoms with Crippen LogP contribution in [-0.2, 0) is 16.6 Å². The van der Waals surface area contributed by atoms with E-state index in [-0.39, 0.29) is 10.7 Å². The van der Waals surface area contributed by atoms with Crippen molar-refractivity contribution in [2.24, 2.45) is 0 Å². The second-order valence-corrected chi connectivity index (χ2v) is 6.88. The van der Waals surface area contributed by atoms with Crippen molar-refractivity contribution in [1.82, 2.24) is 9.62 Å². The van der Waals surface area contributed by atoms with E-state index in [9.17, 15) is 12.8 Å². The average Bonchev–Trinajstić information content (AvgIpc) is 2.46. The van der Waals surface area contributed by atoms with Crippen molar-refractivity contribution in [2.75, 3.05) is 19.6 Å². The van der Waals surface area contributed by atoms with Gasteiger partial charge in [0.2, 0.25) is 10.0 Å². The Morgan fingerprint density at radius 2 is 1.76 bits per heavy atom. The molecule has 0 aromatic heterocycles. The van der Waals surface area contributed by atoms with Crippen LogP contribution in [0.3, 0.4) is 0 Å². The van der Waals surface area contributed by atoms with E-state index in [0.29, 0.717) is 31.7 Å². The molecule has 0 atom stereocenters. The number of hydrogen-bond donors (Lipinski definition) is 1. The predicted molar refractivity (Wildman–Crippen MR) is 83.1 cm³/mol. The second kappa shape index (κ2) is 8.46. The molecule has 0 aliphatic rings. The van der Waals surface area contributed by atoms with Crippen molar-refractivity contribution in [3.05, 3.63) is 29.6 Å². The highest BCUT2D eigenvalue weighted by Gasteiger charge is 2.23.